The van der Waals surface area contributed by atoms with Gasteiger partial charge in [0.05, 0.1) is 5.69 Å². The lowest BCUT2D eigenvalue weighted by Gasteiger charge is -2.30. The van der Waals surface area contributed by atoms with Crippen LogP contribution in [0.5, 0.6) is 0 Å². The molecule has 0 bridgehead atoms. The van der Waals surface area contributed by atoms with Crippen LogP contribution in [0.4, 0.5) is 5.13 Å². The lowest BCUT2D eigenvalue weighted by molar-refractivity contribution is -0.128. The molecule has 3 heterocycles. The second-order valence-corrected chi connectivity index (χ2v) is 9.06. The largest absolute Gasteiger partial charge is 0.338 e. The van der Waals surface area contributed by atoms with Crippen LogP contribution in [-0.2, 0) is 17.9 Å². The first-order valence-electron chi connectivity index (χ1n) is 10.4. The van der Waals surface area contributed by atoms with Gasteiger partial charge in [0, 0.05) is 43.5 Å². The minimum absolute atomic E-state index is 0.160. The summed E-state index contributed by atoms with van der Waals surface area (Å²) >= 11 is 1.47. The average molecular weight is 413 g/mol. The van der Waals surface area contributed by atoms with Crippen molar-refractivity contribution < 1.29 is 9.59 Å². The Hall–Kier alpha value is -2.25. The first-order chi connectivity index (χ1) is 14.1. The highest BCUT2D eigenvalue weighted by atomic mass is 32.1. The van der Waals surface area contributed by atoms with Crippen molar-refractivity contribution >= 4 is 28.3 Å². The summed E-state index contributed by atoms with van der Waals surface area (Å²) in [6.45, 7) is 6.74. The van der Waals surface area contributed by atoms with Crippen molar-refractivity contribution in [1.29, 1.82) is 0 Å². The highest BCUT2D eigenvalue weighted by molar-refractivity contribution is 7.13. The Morgan fingerprint density at radius 3 is 2.97 bits per heavy atom. The Morgan fingerprint density at radius 1 is 1.28 bits per heavy atom. The predicted octanol–water partition coefficient (Wildman–Crippen LogP) is 3.75. The van der Waals surface area contributed by atoms with Gasteiger partial charge >= 0.3 is 0 Å². The number of amides is 2. The summed E-state index contributed by atoms with van der Waals surface area (Å²) < 4.78 is 0. The predicted molar refractivity (Wildman–Crippen MR) is 115 cm³/mol. The molecule has 1 atom stereocenters. The molecule has 154 valence electrons. The minimum Gasteiger partial charge on any atom is -0.338 e. The van der Waals surface area contributed by atoms with Crippen molar-refractivity contribution in [2.45, 2.75) is 45.7 Å². The summed E-state index contributed by atoms with van der Waals surface area (Å²) in [6.07, 6.45) is 4.10. The van der Waals surface area contributed by atoms with Gasteiger partial charge in [0.25, 0.3) is 5.91 Å². The fourth-order valence-electron chi connectivity index (χ4n) is 4.17. The van der Waals surface area contributed by atoms with E-state index < -0.39 is 0 Å². The van der Waals surface area contributed by atoms with Crippen molar-refractivity contribution in [3.8, 4) is 0 Å². The first kappa shape index (κ1) is 20.0. The number of thiazole rings is 1. The molecule has 0 aliphatic carbocycles. The van der Waals surface area contributed by atoms with E-state index in [4.69, 9.17) is 0 Å². The number of carbonyl (C=O) groups excluding carboxylic acids is 2. The quantitative estimate of drug-likeness (QED) is 0.785. The molecule has 2 aliphatic heterocycles. The number of carbonyl (C=O) groups is 2. The molecule has 1 aromatic heterocycles. The number of rotatable bonds is 6. The lowest BCUT2D eigenvalue weighted by Crippen LogP contribution is -2.33. The molecular weight excluding hydrogens is 384 g/mol. The second-order valence-electron chi connectivity index (χ2n) is 8.20. The molecule has 2 aliphatic rings. The molecule has 0 saturated carbocycles. The Kier molecular flexibility index (Phi) is 6.25. The van der Waals surface area contributed by atoms with Crippen molar-refractivity contribution in [2.24, 2.45) is 5.92 Å². The standard InChI is InChI=1S/C22H28N4O2S/c1-16-5-3-9-25(12-16)14-19-15-29-22(23-19)24-21(28)18-7-2-6-17(11-18)13-26-10-4-8-20(26)27/h2,6-7,11,15-16H,3-5,8-10,12-14H2,1H3,(H,23,24,28). The summed E-state index contributed by atoms with van der Waals surface area (Å²) in [7, 11) is 0. The van der Waals surface area contributed by atoms with Gasteiger partial charge in [-0.15, -0.1) is 11.3 Å². The second kappa shape index (κ2) is 9.05. The number of benzene rings is 1. The average Bonchev–Trinajstić information content (AvgIpc) is 3.31. The molecule has 2 saturated heterocycles. The number of anilines is 1. The van der Waals surface area contributed by atoms with E-state index in [1.807, 2.05) is 28.5 Å². The van der Waals surface area contributed by atoms with Gasteiger partial charge in [0.1, 0.15) is 0 Å². The van der Waals surface area contributed by atoms with Crippen molar-refractivity contribution in [1.82, 2.24) is 14.8 Å². The summed E-state index contributed by atoms with van der Waals surface area (Å²) in [6, 6.07) is 7.50. The zero-order valence-corrected chi connectivity index (χ0v) is 17.7. The van der Waals surface area contributed by atoms with Crippen molar-refractivity contribution in [3.05, 3.63) is 46.5 Å². The van der Waals surface area contributed by atoms with Crippen LogP contribution in [0.3, 0.4) is 0 Å². The number of nitrogens with zero attached hydrogens (tertiary/aromatic N) is 3. The maximum Gasteiger partial charge on any atom is 0.257 e. The molecule has 0 radical (unpaired) electrons. The molecule has 1 aromatic carbocycles. The molecule has 29 heavy (non-hydrogen) atoms. The number of hydrogen-bond acceptors (Lipinski definition) is 5. The fourth-order valence-corrected chi connectivity index (χ4v) is 4.86. The maximum atomic E-state index is 12.7. The van der Waals surface area contributed by atoms with Gasteiger partial charge in [-0.3, -0.25) is 19.8 Å². The van der Waals surface area contributed by atoms with Gasteiger partial charge in [-0.05, 0) is 49.4 Å². The van der Waals surface area contributed by atoms with Gasteiger partial charge in [0.2, 0.25) is 5.91 Å². The number of aromatic nitrogens is 1. The number of piperidine rings is 1. The van der Waals surface area contributed by atoms with Crippen LogP contribution in [0.1, 0.15) is 54.2 Å². The normalized spacial score (nSPS) is 20.2. The Bertz CT molecular complexity index is 881. The van der Waals surface area contributed by atoms with Gasteiger partial charge in [-0.2, -0.15) is 0 Å². The summed E-state index contributed by atoms with van der Waals surface area (Å²) in [5, 5.41) is 5.59. The number of nitrogens with one attached hydrogen (secondary N) is 1. The van der Waals surface area contributed by atoms with Gasteiger partial charge in [-0.1, -0.05) is 19.1 Å². The molecule has 0 spiro atoms. The third-order valence-electron chi connectivity index (χ3n) is 5.63. The van der Waals surface area contributed by atoms with Crippen LogP contribution in [0.25, 0.3) is 0 Å². The van der Waals surface area contributed by atoms with E-state index in [0.717, 1.165) is 49.8 Å². The highest BCUT2D eigenvalue weighted by Gasteiger charge is 2.21. The van der Waals surface area contributed by atoms with E-state index >= 15 is 0 Å². The minimum atomic E-state index is -0.160. The topological polar surface area (TPSA) is 65.5 Å². The highest BCUT2D eigenvalue weighted by Crippen LogP contribution is 2.22. The van der Waals surface area contributed by atoms with E-state index in [0.29, 0.717) is 23.7 Å². The zero-order chi connectivity index (χ0) is 20.2. The lowest BCUT2D eigenvalue weighted by atomic mass is 10.0. The van der Waals surface area contributed by atoms with Crippen LogP contribution in [-0.4, -0.2) is 46.2 Å². The Balaban J connectivity index is 1.35. The number of likely N-dealkylation sites (tertiary alicyclic amines) is 2. The Morgan fingerprint density at radius 2 is 2.17 bits per heavy atom. The SMILES string of the molecule is CC1CCCN(Cc2csc(NC(=O)c3cccc(CN4CCCC4=O)c3)n2)C1. The molecule has 1 N–H and O–H groups in total. The summed E-state index contributed by atoms with van der Waals surface area (Å²) in [4.78, 5) is 33.4. The molecule has 4 rings (SSSR count). The van der Waals surface area contributed by atoms with Crippen LogP contribution >= 0.6 is 11.3 Å². The monoisotopic (exact) mass is 412 g/mol. The molecule has 2 amide bonds. The summed E-state index contributed by atoms with van der Waals surface area (Å²) in [5.74, 6) is 0.773. The molecule has 2 fully saturated rings. The van der Waals surface area contributed by atoms with Crippen LogP contribution in [0, 0.1) is 5.92 Å². The molecule has 6 nitrogen and oxygen atoms in total. The van der Waals surface area contributed by atoms with Gasteiger partial charge < -0.3 is 4.90 Å². The molecule has 2 aromatic rings. The van der Waals surface area contributed by atoms with E-state index in [-0.39, 0.29) is 11.8 Å². The van der Waals surface area contributed by atoms with Crippen LogP contribution < -0.4 is 5.32 Å². The van der Waals surface area contributed by atoms with Gasteiger partial charge in [0.15, 0.2) is 5.13 Å². The fraction of sp³-hybridized carbons (Fsp3) is 0.500. The van der Waals surface area contributed by atoms with Gasteiger partial charge in [-0.25, -0.2) is 4.98 Å². The van der Waals surface area contributed by atoms with E-state index in [2.05, 4.69) is 22.1 Å². The summed E-state index contributed by atoms with van der Waals surface area (Å²) in [5.41, 5.74) is 2.59. The zero-order valence-electron chi connectivity index (χ0n) is 16.9. The van der Waals surface area contributed by atoms with E-state index in [1.54, 1.807) is 6.07 Å². The maximum absolute atomic E-state index is 12.7. The van der Waals surface area contributed by atoms with Crippen molar-refractivity contribution in [2.75, 3.05) is 25.0 Å². The van der Waals surface area contributed by atoms with Crippen molar-refractivity contribution in [3.63, 3.8) is 0 Å². The third-order valence-corrected chi connectivity index (χ3v) is 6.44. The van der Waals surface area contributed by atoms with Crippen LogP contribution in [0.15, 0.2) is 29.6 Å². The molecule has 1 unspecified atom stereocenters. The number of hydrogen-bond donors (Lipinski definition) is 1. The first-order valence-corrected chi connectivity index (χ1v) is 11.3. The van der Waals surface area contributed by atoms with E-state index in [9.17, 15) is 9.59 Å². The van der Waals surface area contributed by atoms with Crippen LogP contribution in [0.2, 0.25) is 0 Å². The third kappa shape index (κ3) is 5.22. The van der Waals surface area contributed by atoms with E-state index in [1.165, 1.54) is 24.2 Å². The Labute approximate surface area is 175 Å². The smallest absolute Gasteiger partial charge is 0.257 e. The molecule has 7 heteroatoms. The molecular formula is C22H28N4O2S.